The molecule has 1 aromatic rings. The Labute approximate surface area is 149 Å². The van der Waals surface area contributed by atoms with E-state index in [-0.39, 0.29) is 11.8 Å². The van der Waals surface area contributed by atoms with Gasteiger partial charge in [-0.25, -0.2) is 4.98 Å². The fraction of sp³-hybridized carbons (Fsp3) is 0.737. The van der Waals surface area contributed by atoms with Crippen LogP contribution >= 0.6 is 0 Å². The van der Waals surface area contributed by atoms with Crippen LogP contribution in [0.5, 0.6) is 0 Å². The molecule has 3 aliphatic heterocycles. The van der Waals surface area contributed by atoms with Crippen LogP contribution in [0, 0.1) is 5.92 Å². The lowest BCUT2D eigenvalue weighted by atomic mass is 9.94. The van der Waals surface area contributed by atoms with Crippen molar-refractivity contribution in [1.82, 2.24) is 19.4 Å². The number of nitrogens with zero attached hydrogens (tertiary/aromatic N) is 4. The van der Waals surface area contributed by atoms with E-state index < -0.39 is 0 Å². The lowest BCUT2D eigenvalue weighted by molar-refractivity contribution is -0.137. The Morgan fingerprint density at radius 2 is 1.56 bits per heavy atom. The SMILES string of the molecule is O=C(c1ncn2c1CCC(C(=O)N1CCCCC1)C2)N1CCCCC1. The Morgan fingerprint density at radius 3 is 2.24 bits per heavy atom. The van der Waals surface area contributed by atoms with Crippen molar-refractivity contribution in [3.63, 3.8) is 0 Å². The summed E-state index contributed by atoms with van der Waals surface area (Å²) in [5.41, 5.74) is 1.64. The van der Waals surface area contributed by atoms with E-state index >= 15 is 0 Å². The Hall–Kier alpha value is -1.85. The van der Waals surface area contributed by atoms with E-state index in [0.717, 1.165) is 70.4 Å². The van der Waals surface area contributed by atoms with Gasteiger partial charge in [-0.1, -0.05) is 0 Å². The lowest BCUT2D eigenvalue weighted by Gasteiger charge is -2.32. The minimum absolute atomic E-state index is 0.0396. The number of hydrogen-bond donors (Lipinski definition) is 0. The predicted molar refractivity (Wildman–Crippen MR) is 94.2 cm³/mol. The van der Waals surface area contributed by atoms with Crippen molar-refractivity contribution in [3.8, 4) is 0 Å². The minimum atomic E-state index is 0.0396. The van der Waals surface area contributed by atoms with Crippen LogP contribution in [0.4, 0.5) is 0 Å². The van der Waals surface area contributed by atoms with E-state index in [0.29, 0.717) is 18.1 Å². The van der Waals surface area contributed by atoms with Gasteiger partial charge in [-0.2, -0.15) is 0 Å². The smallest absolute Gasteiger partial charge is 0.274 e. The van der Waals surface area contributed by atoms with Crippen LogP contribution in [-0.4, -0.2) is 57.3 Å². The second-order valence-electron chi connectivity index (χ2n) is 7.67. The highest BCUT2D eigenvalue weighted by atomic mass is 16.2. The third-order valence-electron chi connectivity index (χ3n) is 5.96. The summed E-state index contributed by atoms with van der Waals surface area (Å²) in [5.74, 6) is 0.412. The summed E-state index contributed by atoms with van der Waals surface area (Å²) < 4.78 is 2.05. The second-order valence-corrected chi connectivity index (χ2v) is 7.67. The largest absolute Gasteiger partial charge is 0.342 e. The Bertz CT molecular complexity index is 642. The molecule has 6 heteroatoms. The highest BCUT2D eigenvalue weighted by molar-refractivity contribution is 5.93. The molecule has 2 amide bonds. The molecular formula is C19H28N4O2. The molecule has 0 bridgehead atoms. The van der Waals surface area contributed by atoms with Gasteiger partial charge >= 0.3 is 0 Å². The number of imidazole rings is 1. The van der Waals surface area contributed by atoms with Crippen LogP contribution in [0.25, 0.3) is 0 Å². The normalized spacial score (nSPS) is 24.1. The average molecular weight is 344 g/mol. The van der Waals surface area contributed by atoms with Crippen LogP contribution in [-0.2, 0) is 17.8 Å². The molecule has 4 rings (SSSR count). The van der Waals surface area contributed by atoms with Crippen LogP contribution < -0.4 is 0 Å². The first-order valence-electron chi connectivity index (χ1n) is 9.86. The van der Waals surface area contributed by atoms with E-state index in [1.54, 1.807) is 6.33 Å². The molecule has 136 valence electrons. The summed E-state index contributed by atoms with van der Waals surface area (Å²) in [6.45, 7) is 4.18. The number of hydrogen-bond acceptors (Lipinski definition) is 3. The lowest BCUT2D eigenvalue weighted by Crippen LogP contribution is -2.42. The molecule has 1 aromatic heterocycles. The molecule has 2 saturated heterocycles. The standard InChI is InChI=1S/C19H28N4O2/c24-18(21-9-3-1-4-10-21)15-7-8-16-17(20-14-23(16)13-15)19(25)22-11-5-2-6-12-22/h14-15H,1-13H2. The summed E-state index contributed by atoms with van der Waals surface area (Å²) >= 11 is 0. The topological polar surface area (TPSA) is 58.4 Å². The highest BCUT2D eigenvalue weighted by Gasteiger charge is 2.32. The number of carbonyl (C=O) groups excluding carboxylic acids is 2. The number of aromatic nitrogens is 2. The van der Waals surface area contributed by atoms with Crippen LogP contribution in [0.1, 0.15) is 61.1 Å². The molecule has 2 fully saturated rings. The maximum Gasteiger partial charge on any atom is 0.274 e. The van der Waals surface area contributed by atoms with Crippen LogP contribution in [0.3, 0.4) is 0 Å². The number of amides is 2. The van der Waals surface area contributed by atoms with E-state index in [4.69, 9.17) is 0 Å². The van der Waals surface area contributed by atoms with Gasteiger partial charge in [0.1, 0.15) is 5.69 Å². The van der Waals surface area contributed by atoms with Gasteiger partial charge in [0.2, 0.25) is 5.91 Å². The number of rotatable bonds is 2. The van der Waals surface area contributed by atoms with Gasteiger partial charge < -0.3 is 14.4 Å². The molecule has 0 N–H and O–H groups in total. The summed E-state index contributed by atoms with van der Waals surface area (Å²) in [5, 5.41) is 0. The zero-order chi connectivity index (χ0) is 17.2. The molecule has 1 atom stereocenters. The molecule has 1 unspecified atom stereocenters. The van der Waals surface area contributed by atoms with Crippen molar-refractivity contribution < 1.29 is 9.59 Å². The summed E-state index contributed by atoms with van der Waals surface area (Å²) in [6.07, 6.45) is 10.3. The van der Waals surface area contributed by atoms with Gasteiger partial charge in [0, 0.05) is 32.7 Å². The fourth-order valence-electron chi connectivity index (χ4n) is 4.47. The molecule has 0 radical (unpaired) electrons. The van der Waals surface area contributed by atoms with Crippen molar-refractivity contribution in [2.24, 2.45) is 5.92 Å². The fourth-order valence-corrected chi connectivity index (χ4v) is 4.47. The Kier molecular flexibility index (Phi) is 4.77. The molecule has 25 heavy (non-hydrogen) atoms. The molecule has 3 aliphatic rings. The number of fused-ring (bicyclic) bond motifs is 1. The summed E-state index contributed by atoms with van der Waals surface area (Å²) in [7, 11) is 0. The van der Waals surface area contributed by atoms with Crippen molar-refractivity contribution >= 4 is 11.8 Å². The molecular weight excluding hydrogens is 316 g/mol. The van der Waals surface area contributed by atoms with Crippen molar-refractivity contribution in [3.05, 3.63) is 17.7 Å². The van der Waals surface area contributed by atoms with Gasteiger partial charge in [0.15, 0.2) is 0 Å². The van der Waals surface area contributed by atoms with E-state index in [9.17, 15) is 9.59 Å². The van der Waals surface area contributed by atoms with Gasteiger partial charge in [0.25, 0.3) is 5.91 Å². The van der Waals surface area contributed by atoms with Crippen LogP contribution in [0.15, 0.2) is 6.33 Å². The third-order valence-corrected chi connectivity index (χ3v) is 5.96. The minimum Gasteiger partial charge on any atom is -0.342 e. The molecule has 0 spiro atoms. The molecule has 0 aliphatic carbocycles. The summed E-state index contributed by atoms with van der Waals surface area (Å²) in [6, 6.07) is 0. The zero-order valence-electron chi connectivity index (χ0n) is 15.0. The van der Waals surface area contributed by atoms with E-state index in [1.807, 2.05) is 14.4 Å². The molecule has 4 heterocycles. The van der Waals surface area contributed by atoms with Gasteiger partial charge in [-0.15, -0.1) is 0 Å². The zero-order valence-corrected chi connectivity index (χ0v) is 15.0. The van der Waals surface area contributed by atoms with E-state index in [2.05, 4.69) is 4.98 Å². The Morgan fingerprint density at radius 1 is 0.920 bits per heavy atom. The first kappa shape index (κ1) is 16.6. The summed E-state index contributed by atoms with van der Waals surface area (Å²) in [4.78, 5) is 33.9. The molecule has 0 aromatic carbocycles. The average Bonchev–Trinajstić information content (AvgIpc) is 3.11. The molecule has 6 nitrogen and oxygen atoms in total. The first-order valence-corrected chi connectivity index (χ1v) is 9.86. The van der Waals surface area contributed by atoms with Gasteiger partial charge in [-0.05, 0) is 51.4 Å². The van der Waals surface area contributed by atoms with Crippen molar-refractivity contribution in [1.29, 1.82) is 0 Å². The quantitative estimate of drug-likeness (QED) is 0.825. The monoisotopic (exact) mass is 344 g/mol. The maximum absolute atomic E-state index is 12.8. The van der Waals surface area contributed by atoms with Crippen molar-refractivity contribution in [2.45, 2.75) is 57.9 Å². The van der Waals surface area contributed by atoms with E-state index in [1.165, 1.54) is 12.8 Å². The maximum atomic E-state index is 12.8. The third kappa shape index (κ3) is 3.31. The van der Waals surface area contributed by atoms with Crippen molar-refractivity contribution in [2.75, 3.05) is 26.2 Å². The first-order chi connectivity index (χ1) is 12.2. The number of carbonyl (C=O) groups is 2. The second kappa shape index (κ2) is 7.18. The van der Waals surface area contributed by atoms with Gasteiger partial charge in [-0.3, -0.25) is 9.59 Å². The highest BCUT2D eigenvalue weighted by Crippen LogP contribution is 2.26. The van der Waals surface area contributed by atoms with Gasteiger partial charge in [0.05, 0.1) is 17.9 Å². The molecule has 0 saturated carbocycles. The van der Waals surface area contributed by atoms with Crippen LogP contribution in [0.2, 0.25) is 0 Å². The predicted octanol–water partition coefficient (Wildman–Crippen LogP) is 2.08. The Balaban J connectivity index is 1.45. The number of piperidine rings is 2. The number of likely N-dealkylation sites (tertiary alicyclic amines) is 2.